The number of rotatable bonds is 1. The average molecular weight is 368 g/mol. The van der Waals surface area contributed by atoms with E-state index >= 15 is 0 Å². The van der Waals surface area contributed by atoms with Gasteiger partial charge < -0.3 is 0 Å². The van der Waals surface area contributed by atoms with Crippen LogP contribution in [0.25, 0.3) is 11.1 Å². The third-order valence-corrected chi connectivity index (χ3v) is 5.42. The van der Waals surface area contributed by atoms with Crippen molar-refractivity contribution in [3.63, 3.8) is 0 Å². The predicted octanol–water partition coefficient (Wildman–Crippen LogP) is 2.83. The molecule has 14 heavy (non-hydrogen) atoms. The van der Waals surface area contributed by atoms with Gasteiger partial charge in [-0.15, -0.1) is 0 Å². The standard InChI is InChI=1S/C13H11.Hg/c1-11-7-9-13(10-8-11)12-5-3-2-4-6-12;/h2-7,9-10H,1H3;. The van der Waals surface area contributed by atoms with Crippen molar-refractivity contribution in [2.75, 3.05) is 0 Å². The molecule has 65 valence electrons. The summed E-state index contributed by atoms with van der Waals surface area (Å²) < 4.78 is 1.55. The van der Waals surface area contributed by atoms with E-state index in [0.29, 0.717) is 26.1 Å². The fraction of sp³-hybridized carbons (Fsp3) is 0.0769. The zero-order valence-electron chi connectivity index (χ0n) is 8.33. The zero-order valence-corrected chi connectivity index (χ0v) is 13.8. The van der Waals surface area contributed by atoms with E-state index in [1.54, 1.807) is 3.07 Å². The van der Waals surface area contributed by atoms with Crippen LogP contribution in [-0.4, -0.2) is 0 Å². The van der Waals surface area contributed by atoms with Gasteiger partial charge >= 0.3 is 101 Å². The van der Waals surface area contributed by atoms with Crippen LogP contribution in [0.15, 0.2) is 48.5 Å². The Bertz CT molecular complexity index is 432. The van der Waals surface area contributed by atoms with Gasteiger partial charge in [0.25, 0.3) is 0 Å². The molecule has 0 aliphatic heterocycles. The molecular weight excluding hydrogens is 357 g/mol. The van der Waals surface area contributed by atoms with Crippen LogP contribution in [-0.2, 0) is 26.1 Å². The topological polar surface area (TPSA) is 0 Å². The van der Waals surface area contributed by atoms with Crippen molar-refractivity contribution in [3.8, 4) is 11.1 Å². The van der Waals surface area contributed by atoms with Crippen LogP contribution in [0.3, 0.4) is 0 Å². The second-order valence-electron chi connectivity index (χ2n) is 3.51. The van der Waals surface area contributed by atoms with E-state index in [1.165, 1.54) is 16.7 Å². The second-order valence-corrected chi connectivity index (χ2v) is 6.47. The Labute approximate surface area is 101 Å². The molecule has 0 fully saturated rings. The van der Waals surface area contributed by atoms with Crippen LogP contribution in [0.5, 0.6) is 0 Å². The van der Waals surface area contributed by atoms with Crippen molar-refractivity contribution in [2.45, 2.75) is 6.92 Å². The quantitative estimate of drug-likeness (QED) is 0.680. The Morgan fingerprint density at radius 2 is 1.57 bits per heavy atom. The van der Waals surface area contributed by atoms with Crippen LogP contribution in [0, 0.1) is 6.92 Å². The molecule has 0 saturated carbocycles. The fourth-order valence-electron chi connectivity index (χ4n) is 1.48. The molecule has 1 heteroatoms. The molecule has 0 aliphatic carbocycles. The Kier molecular flexibility index (Phi) is 3.02. The van der Waals surface area contributed by atoms with Crippen LogP contribution in [0.4, 0.5) is 0 Å². The molecule has 0 heterocycles. The zero-order chi connectivity index (χ0) is 9.97. The van der Waals surface area contributed by atoms with E-state index in [-0.39, 0.29) is 0 Å². The van der Waals surface area contributed by atoms with Gasteiger partial charge in [-0.25, -0.2) is 0 Å². The van der Waals surface area contributed by atoms with Crippen molar-refractivity contribution in [1.82, 2.24) is 0 Å². The molecule has 0 bridgehead atoms. The summed E-state index contributed by atoms with van der Waals surface area (Å²) >= 11 is 0.714. The Hall–Kier alpha value is -0.625. The first-order valence-electron chi connectivity index (χ1n) is 4.75. The van der Waals surface area contributed by atoms with Crippen LogP contribution in [0.1, 0.15) is 5.56 Å². The summed E-state index contributed by atoms with van der Waals surface area (Å²) in [6.45, 7) is 2.19. The summed E-state index contributed by atoms with van der Waals surface area (Å²) in [5.74, 6) is 0. The molecule has 0 aliphatic rings. The number of benzene rings is 2. The van der Waals surface area contributed by atoms with E-state index in [4.69, 9.17) is 0 Å². The number of aryl methyl sites for hydroxylation is 1. The molecule has 0 spiro atoms. The van der Waals surface area contributed by atoms with E-state index < -0.39 is 0 Å². The van der Waals surface area contributed by atoms with Crippen LogP contribution in [0.2, 0.25) is 0 Å². The number of hydrogen-bond acceptors (Lipinski definition) is 0. The van der Waals surface area contributed by atoms with Gasteiger partial charge in [0, 0.05) is 0 Å². The van der Waals surface area contributed by atoms with E-state index in [9.17, 15) is 0 Å². The third kappa shape index (κ3) is 2.06. The first-order chi connectivity index (χ1) is 6.77. The average Bonchev–Trinajstić information content (AvgIpc) is 2.23. The molecule has 0 aromatic heterocycles. The van der Waals surface area contributed by atoms with Crippen LogP contribution >= 0.6 is 0 Å². The normalized spacial score (nSPS) is 10.2. The second kappa shape index (κ2) is 4.27. The van der Waals surface area contributed by atoms with Crippen molar-refractivity contribution < 1.29 is 26.1 Å². The van der Waals surface area contributed by atoms with Gasteiger partial charge in [-0.05, 0) is 0 Å². The SMILES string of the molecule is Cc1ccc(-c2ccccc2)c[c]1[Hg]. The summed E-state index contributed by atoms with van der Waals surface area (Å²) in [6.07, 6.45) is 0. The van der Waals surface area contributed by atoms with Crippen molar-refractivity contribution in [3.05, 3.63) is 54.1 Å². The van der Waals surface area contributed by atoms with Crippen molar-refractivity contribution >= 4 is 3.07 Å². The molecule has 0 amide bonds. The van der Waals surface area contributed by atoms with Gasteiger partial charge in [0.05, 0.1) is 0 Å². The summed E-state index contributed by atoms with van der Waals surface area (Å²) in [7, 11) is 0. The van der Waals surface area contributed by atoms with Crippen molar-refractivity contribution in [2.24, 2.45) is 0 Å². The van der Waals surface area contributed by atoms with Gasteiger partial charge in [0.1, 0.15) is 0 Å². The van der Waals surface area contributed by atoms with E-state index in [1.807, 2.05) is 0 Å². The Morgan fingerprint density at radius 3 is 2.21 bits per heavy atom. The van der Waals surface area contributed by atoms with E-state index in [2.05, 4.69) is 55.5 Å². The Morgan fingerprint density at radius 1 is 0.857 bits per heavy atom. The van der Waals surface area contributed by atoms with E-state index in [0.717, 1.165) is 0 Å². The van der Waals surface area contributed by atoms with Gasteiger partial charge in [0.15, 0.2) is 0 Å². The molecule has 0 unspecified atom stereocenters. The summed E-state index contributed by atoms with van der Waals surface area (Å²) in [6, 6.07) is 17.3. The summed E-state index contributed by atoms with van der Waals surface area (Å²) in [5.41, 5.74) is 4.11. The van der Waals surface area contributed by atoms with Gasteiger partial charge in [0.2, 0.25) is 0 Å². The molecule has 0 nitrogen and oxygen atoms in total. The van der Waals surface area contributed by atoms with Gasteiger partial charge in [-0.2, -0.15) is 0 Å². The molecule has 0 radical (unpaired) electrons. The van der Waals surface area contributed by atoms with Crippen LogP contribution < -0.4 is 3.07 Å². The fourth-order valence-corrected chi connectivity index (χ4v) is 2.79. The maximum absolute atomic E-state index is 2.33. The molecular formula is C13H11Hg. The minimum absolute atomic E-state index is 0.714. The summed E-state index contributed by atoms with van der Waals surface area (Å²) in [4.78, 5) is 0. The molecule has 0 saturated heterocycles. The first-order valence-corrected chi connectivity index (χ1v) is 7.50. The minimum atomic E-state index is 0.714. The molecule has 2 aromatic carbocycles. The molecule has 0 atom stereocenters. The first kappa shape index (κ1) is 9.91. The molecule has 2 rings (SSSR count). The maximum atomic E-state index is 2.33. The van der Waals surface area contributed by atoms with Gasteiger partial charge in [-0.1, -0.05) is 0 Å². The summed E-state index contributed by atoms with van der Waals surface area (Å²) in [5, 5.41) is 0. The molecule has 2 aromatic rings. The number of hydrogen-bond donors (Lipinski definition) is 0. The van der Waals surface area contributed by atoms with Gasteiger partial charge in [-0.3, -0.25) is 0 Å². The third-order valence-electron chi connectivity index (χ3n) is 2.46. The molecule has 0 N–H and O–H groups in total. The Balaban J connectivity index is 2.48. The predicted molar refractivity (Wildman–Crippen MR) is 56.2 cm³/mol. The van der Waals surface area contributed by atoms with Crippen molar-refractivity contribution in [1.29, 1.82) is 0 Å². The monoisotopic (exact) mass is 369 g/mol.